The summed E-state index contributed by atoms with van der Waals surface area (Å²) in [5, 5.41) is 28.8. The van der Waals surface area contributed by atoms with Gasteiger partial charge in [-0.2, -0.15) is 4.39 Å². The highest BCUT2D eigenvalue weighted by Gasteiger charge is 2.29. The molecule has 0 radical (unpaired) electrons. The molecular formula is C32H27FN4O7. The number of nitro groups is 1. The molecule has 6 rings (SSSR count). The number of nitrogens with zero attached hydrogens (tertiary/aromatic N) is 1. The van der Waals surface area contributed by atoms with Gasteiger partial charge in [0.15, 0.2) is 0 Å². The van der Waals surface area contributed by atoms with Crippen LogP contribution in [0.3, 0.4) is 0 Å². The van der Waals surface area contributed by atoms with Crippen molar-refractivity contribution in [2.24, 2.45) is 0 Å². The number of fused-ring (bicyclic) bond motifs is 9. The fourth-order valence-corrected chi connectivity index (χ4v) is 4.73. The van der Waals surface area contributed by atoms with Crippen molar-refractivity contribution < 1.29 is 33.5 Å². The maximum Gasteiger partial charge on any atom is 0.304 e. The third-order valence-electron chi connectivity index (χ3n) is 6.96. The molecule has 4 aromatic rings. The van der Waals surface area contributed by atoms with Crippen LogP contribution >= 0.6 is 0 Å². The number of carbonyl (C=O) groups excluding carboxylic acids is 3. The third kappa shape index (κ3) is 7.34. The lowest BCUT2D eigenvalue weighted by Crippen LogP contribution is -2.51. The molecule has 11 nitrogen and oxygen atoms in total. The molecule has 0 aliphatic carbocycles. The van der Waals surface area contributed by atoms with Crippen LogP contribution in [0.25, 0.3) is 0 Å². The zero-order valence-corrected chi connectivity index (χ0v) is 23.2. The summed E-state index contributed by atoms with van der Waals surface area (Å²) in [4.78, 5) is 50.3. The van der Waals surface area contributed by atoms with Crippen LogP contribution in [0.2, 0.25) is 0 Å². The van der Waals surface area contributed by atoms with Crippen molar-refractivity contribution in [3.8, 4) is 17.2 Å². The second-order valence-corrected chi connectivity index (χ2v) is 10.2. The molecule has 0 saturated heterocycles. The smallest absolute Gasteiger partial charge is 0.304 e. The van der Waals surface area contributed by atoms with E-state index in [-0.39, 0.29) is 30.7 Å². The first-order valence-corrected chi connectivity index (χ1v) is 13.6. The number of nitro benzene ring substituents is 1. The zero-order chi connectivity index (χ0) is 31.2. The fourth-order valence-electron chi connectivity index (χ4n) is 4.73. The van der Waals surface area contributed by atoms with Crippen molar-refractivity contribution >= 4 is 23.4 Å². The molecule has 44 heavy (non-hydrogen) atoms. The number of halogens is 1. The summed E-state index contributed by atoms with van der Waals surface area (Å²) in [6.07, 6.45) is -0.00802. The molecule has 2 heterocycles. The molecule has 0 fully saturated rings. The van der Waals surface area contributed by atoms with Gasteiger partial charge in [-0.25, -0.2) is 0 Å². The Kier molecular flexibility index (Phi) is 8.80. The lowest BCUT2D eigenvalue weighted by molar-refractivity contribution is -0.387. The van der Waals surface area contributed by atoms with Crippen LogP contribution in [-0.2, 0) is 33.8 Å². The standard InChI is InChI=1S/C32H27FN4O7/c33-26-15-21(6-13-28(26)37(42)43)18-34-31(40)27-16-19-4-11-24(12-5-19)44-25-3-1-2-20(14-25)17-29(39)36-30(32(41)35-27)22-7-9-23(38)10-8-22/h1-15,27,30,38H,16-18H2,(H,34,40)(H,35,41)(H,36,39)/t27-,30-/m1/s1. The Bertz CT molecular complexity index is 1710. The molecule has 0 spiro atoms. The average Bonchev–Trinajstić information content (AvgIpc) is 2.99. The first-order valence-electron chi connectivity index (χ1n) is 13.6. The van der Waals surface area contributed by atoms with E-state index >= 15 is 0 Å². The van der Waals surface area contributed by atoms with Gasteiger partial charge in [-0.15, -0.1) is 0 Å². The van der Waals surface area contributed by atoms with Crippen LogP contribution in [0.1, 0.15) is 28.3 Å². The Balaban J connectivity index is 1.44. The van der Waals surface area contributed by atoms with E-state index in [2.05, 4.69) is 16.0 Å². The molecule has 4 N–H and O–H groups in total. The molecule has 2 aliphatic rings. The Morgan fingerprint density at radius 2 is 1.70 bits per heavy atom. The Labute approximate surface area is 250 Å². The van der Waals surface area contributed by atoms with Crippen molar-refractivity contribution in [1.29, 1.82) is 0 Å². The van der Waals surface area contributed by atoms with Gasteiger partial charge in [0.2, 0.25) is 23.5 Å². The fraction of sp³-hybridized carbons (Fsp3) is 0.156. The van der Waals surface area contributed by atoms with Crippen LogP contribution in [0.15, 0.2) is 91.0 Å². The second kappa shape index (κ2) is 13.0. The Morgan fingerprint density at radius 3 is 2.41 bits per heavy atom. The first kappa shape index (κ1) is 29.7. The van der Waals surface area contributed by atoms with Gasteiger partial charge in [0.05, 0.1) is 11.3 Å². The highest BCUT2D eigenvalue weighted by molar-refractivity contribution is 5.93. The summed E-state index contributed by atoms with van der Waals surface area (Å²) in [5.74, 6) is -1.78. The minimum atomic E-state index is -1.21. The van der Waals surface area contributed by atoms with E-state index in [1.807, 2.05) is 0 Å². The summed E-state index contributed by atoms with van der Waals surface area (Å²) >= 11 is 0. The normalized spacial score (nSPS) is 16.8. The Morgan fingerprint density at radius 1 is 0.955 bits per heavy atom. The number of phenols is 1. The zero-order valence-electron chi connectivity index (χ0n) is 23.2. The minimum Gasteiger partial charge on any atom is -0.508 e. The largest absolute Gasteiger partial charge is 0.508 e. The highest BCUT2D eigenvalue weighted by atomic mass is 19.1. The van der Waals surface area contributed by atoms with Gasteiger partial charge in [0.1, 0.15) is 29.3 Å². The van der Waals surface area contributed by atoms with Gasteiger partial charge in [-0.3, -0.25) is 24.5 Å². The molecule has 0 aromatic heterocycles. The summed E-state index contributed by atoms with van der Waals surface area (Å²) < 4.78 is 20.1. The number of hydrogen-bond donors (Lipinski definition) is 4. The van der Waals surface area contributed by atoms with Crippen LogP contribution in [0.5, 0.6) is 17.2 Å². The van der Waals surface area contributed by atoms with Gasteiger partial charge in [-0.1, -0.05) is 42.5 Å². The van der Waals surface area contributed by atoms with Crippen LogP contribution in [0, 0.1) is 15.9 Å². The van der Waals surface area contributed by atoms with Crippen LogP contribution in [0.4, 0.5) is 10.1 Å². The molecule has 0 unspecified atom stereocenters. The second-order valence-electron chi connectivity index (χ2n) is 10.2. The van der Waals surface area contributed by atoms with Crippen molar-refractivity contribution in [1.82, 2.24) is 16.0 Å². The number of hydrogen-bond acceptors (Lipinski definition) is 7. The van der Waals surface area contributed by atoms with Crippen LogP contribution < -0.4 is 20.7 Å². The van der Waals surface area contributed by atoms with Gasteiger partial charge in [-0.05, 0) is 64.7 Å². The molecule has 12 heteroatoms. The van der Waals surface area contributed by atoms with E-state index in [9.17, 15) is 34.0 Å². The monoisotopic (exact) mass is 598 g/mol. The maximum absolute atomic E-state index is 14.1. The first-order chi connectivity index (χ1) is 21.1. The topological polar surface area (TPSA) is 160 Å². The summed E-state index contributed by atoms with van der Waals surface area (Å²) in [6, 6.07) is 20.6. The predicted molar refractivity (Wildman–Crippen MR) is 156 cm³/mol. The summed E-state index contributed by atoms with van der Waals surface area (Å²) in [5.41, 5.74) is 1.29. The van der Waals surface area contributed by atoms with Gasteiger partial charge >= 0.3 is 5.69 Å². The minimum absolute atomic E-state index is 0.0334. The van der Waals surface area contributed by atoms with E-state index in [0.717, 1.165) is 12.1 Å². The summed E-state index contributed by atoms with van der Waals surface area (Å²) in [7, 11) is 0. The Hall–Kier alpha value is -5.78. The van der Waals surface area contributed by atoms with E-state index in [4.69, 9.17) is 4.74 Å². The SMILES string of the molecule is O=C1Cc2cccc(c2)Oc2ccc(cc2)C[C@H](C(=O)NCc2ccc([N+](=O)[O-])c(F)c2)NC(=O)[C@@H](c2ccc(O)cc2)N1. The van der Waals surface area contributed by atoms with E-state index < -0.39 is 46.2 Å². The van der Waals surface area contributed by atoms with Gasteiger partial charge in [0, 0.05) is 19.0 Å². The number of nitrogens with one attached hydrogen (secondary N) is 3. The number of carbonyl (C=O) groups is 3. The van der Waals surface area contributed by atoms with E-state index in [1.54, 1.807) is 48.5 Å². The third-order valence-corrected chi connectivity index (χ3v) is 6.96. The maximum atomic E-state index is 14.1. The van der Waals surface area contributed by atoms with Crippen molar-refractivity contribution in [3.05, 3.63) is 129 Å². The molecule has 3 amide bonds. The molecule has 4 bridgehead atoms. The number of amides is 3. The molecule has 224 valence electrons. The van der Waals surface area contributed by atoms with Crippen molar-refractivity contribution in [2.75, 3.05) is 0 Å². The number of aromatic hydroxyl groups is 1. The lowest BCUT2D eigenvalue weighted by atomic mass is 10.0. The number of ether oxygens (including phenoxy) is 1. The molecule has 2 aliphatic heterocycles. The molecule has 2 atom stereocenters. The van der Waals surface area contributed by atoms with E-state index in [0.29, 0.717) is 28.2 Å². The van der Waals surface area contributed by atoms with E-state index in [1.165, 1.54) is 30.3 Å². The highest BCUT2D eigenvalue weighted by Crippen LogP contribution is 2.25. The van der Waals surface area contributed by atoms with Gasteiger partial charge in [0.25, 0.3) is 0 Å². The number of phenolic OH excluding ortho intramolecular Hbond substituents is 1. The van der Waals surface area contributed by atoms with Crippen LogP contribution in [-0.4, -0.2) is 33.8 Å². The van der Waals surface area contributed by atoms with Crippen molar-refractivity contribution in [3.63, 3.8) is 0 Å². The van der Waals surface area contributed by atoms with Crippen molar-refractivity contribution in [2.45, 2.75) is 31.5 Å². The predicted octanol–water partition coefficient (Wildman–Crippen LogP) is 3.99. The summed E-state index contributed by atoms with van der Waals surface area (Å²) in [6.45, 7) is -0.164. The lowest BCUT2D eigenvalue weighted by Gasteiger charge is -2.24. The number of rotatable bonds is 5. The van der Waals surface area contributed by atoms with Gasteiger partial charge < -0.3 is 25.8 Å². The molecular weight excluding hydrogens is 571 g/mol. The quantitative estimate of drug-likeness (QED) is 0.200. The molecule has 4 aromatic carbocycles. The average molecular weight is 599 g/mol. The number of benzene rings is 4. The molecule has 0 saturated carbocycles.